The van der Waals surface area contributed by atoms with Crippen molar-refractivity contribution >= 4 is 18.0 Å². The fraction of sp³-hybridized carbons (Fsp3) is 0.417. The van der Waals surface area contributed by atoms with Crippen LogP contribution in [0.2, 0.25) is 0 Å². The van der Waals surface area contributed by atoms with Crippen LogP contribution in [0.4, 0.5) is 0 Å². The molecule has 2 nitrogen and oxygen atoms in total. The Bertz CT molecular complexity index is 317. The molecule has 0 amide bonds. The largest absolute Gasteiger partial charge is 0.497 e. The van der Waals surface area contributed by atoms with Gasteiger partial charge in [0.2, 0.25) is 0 Å². The lowest BCUT2D eigenvalue weighted by Gasteiger charge is -2.20. The van der Waals surface area contributed by atoms with E-state index in [-0.39, 0.29) is 4.75 Å². The molecule has 0 aliphatic carbocycles. The van der Waals surface area contributed by atoms with Crippen molar-refractivity contribution in [3.8, 4) is 5.75 Å². The molecule has 0 aliphatic heterocycles. The molecule has 0 aliphatic rings. The second-order valence-electron chi connectivity index (χ2n) is 3.91. The molecule has 3 heteroatoms. The number of thioether (sulfide) groups is 1. The minimum atomic E-state index is -0.0453. The summed E-state index contributed by atoms with van der Waals surface area (Å²) in [5, 5.41) is 0. The van der Waals surface area contributed by atoms with Gasteiger partial charge in [-0.3, -0.25) is 0 Å². The van der Waals surface area contributed by atoms with Crippen LogP contribution in [0.15, 0.2) is 29.2 Å². The van der Waals surface area contributed by atoms with Gasteiger partial charge in [-0.2, -0.15) is 0 Å². The molecule has 0 heterocycles. The average molecular weight is 224 g/mol. The van der Waals surface area contributed by atoms with Crippen LogP contribution in [-0.4, -0.2) is 18.1 Å². The summed E-state index contributed by atoms with van der Waals surface area (Å²) in [5.41, 5.74) is 0. The van der Waals surface area contributed by atoms with E-state index in [0.29, 0.717) is 6.42 Å². The lowest BCUT2D eigenvalue weighted by Crippen LogP contribution is -2.14. The summed E-state index contributed by atoms with van der Waals surface area (Å²) < 4.78 is 5.04. The van der Waals surface area contributed by atoms with E-state index < -0.39 is 0 Å². The topological polar surface area (TPSA) is 26.3 Å². The van der Waals surface area contributed by atoms with Crippen molar-refractivity contribution in [2.75, 3.05) is 7.11 Å². The summed E-state index contributed by atoms with van der Waals surface area (Å²) in [6.45, 7) is 4.13. The van der Waals surface area contributed by atoms with Crippen molar-refractivity contribution in [1.29, 1.82) is 0 Å². The van der Waals surface area contributed by atoms with Gasteiger partial charge < -0.3 is 9.53 Å². The van der Waals surface area contributed by atoms with E-state index in [0.717, 1.165) is 16.9 Å². The van der Waals surface area contributed by atoms with Crippen LogP contribution >= 0.6 is 11.8 Å². The first-order valence-corrected chi connectivity index (χ1v) is 5.66. The monoisotopic (exact) mass is 224 g/mol. The van der Waals surface area contributed by atoms with Crippen molar-refractivity contribution in [2.45, 2.75) is 29.9 Å². The molecular formula is C12H16O2S. The molecule has 0 fully saturated rings. The Balaban J connectivity index is 2.68. The van der Waals surface area contributed by atoms with E-state index in [1.165, 1.54) is 0 Å². The molecule has 1 rings (SSSR count). The molecule has 82 valence electrons. The molecule has 0 bridgehead atoms. The zero-order chi connectivity index (χ0) is 11.3. The second-order valence-corrected chi connectivity index (χ2v) is 5.69. The lowest BCUT2D eigenvalue weighted by molar-refractivity contribution is -0.108. The first-order chi connectivity index (χ1) is 7.07. The fourth-order valence-corrected chi connectivity index (χ4v) is 2.27. The predicted octanol–water partition coefficient (Wildman–Crippen LogP) is 3.15. The number of benzene rings is 1. The molecule has 0 N–H and O–H groups in total. The van der Waals surface area contributed by atoms with E-state index in [2.05, 4.69) is 13.8 Å². The number of ether oxygens (including phenoxy) is 1. The molecule has 0 unspecified atom stereocenters. The van der Waals surface area contributed by atoms with Crippen LogP contribution in [0.3, 0.4) is 0 Å². The Hall–Kier alpha value is -0.960. The van der Waals surface area contributed by atoms with E-state index in [1.807, 2.05) is 24.3 Å². The van der Waals surface area contributed by atoms with Crippen LogP contribution < -0.4 is 4.74 Å². The predicted molar refractivity (Wildman–Crippen MR) is 63.6 cm³/mol. The van der Waals surface area contributed by atoms with E-state index >= 15 is 0 Å². The highest BCUT2D eigenvalue weighted by Crippen LogP contribution is 2.34. The Kier molecular flexibility index (Phi) is 4.21. The zero-order valence-corrected chi connectivity index (χ0v) is 10.1. The van der Waals surface area contributed by atoms with Crippen molar-refractivity contribution < 1.29 is 9.53 Å². The minimum absolute atomic E-state index is 0.0453. The van der Waals surface area contributed by atoms with Crippen LogP contribution in [0.25, 0.3) is 0 Å². The number of aldehydes is 1. The third-order valence-corrected chi connectivity index (χ3v) is 3.26. The molecular weight excluding hydrogens is 208 g/mol. The van der Waals surface area contributed by atoms with Gasteiger partial charge in [0.05, 0.1) is 7.11 Å². The van der Waals surface area contributed by atoms with E-state index in [9.17, 15) is 4.79 Å². The SMILES string of the molecule is COc1ccc(SC(C)(C)CC=O)cc1. The molecule has 0 aromatic heterocycles. The smallest absolute Gasteiger partial charge is 0.121 e. The van der Waals surface area contributed by atoms with Gasteiger partial charge in [-0.05, 0) is 38.1 Å². The third-order valence-electron chi connectivity index (χ3n) is 2.03. The summed E-state index contributed by atoms with van der Waals surface area (Å²) in [5.74, 6) is 0.854. The van der Waals surface area contributed by atoms with Gasteiger partial charge in [0, 0.05) is 16.1 Å². The normalized spacial score (nSPS) is 11.1. The maximum atomic E-state index is 10.5. The quantitative estimate of drug-likeness (QED) is 0.567. The molecule has 1 aromatic carbocycles. The van der Waals surface area contributed by atoms with Crippen molar-refractivity contribution in [2.24, 2.45) is 0 Å². The summed E-state index contributed by atoms with van der Waals surface area (Å²) in [6.07, 6.45) is 1.53. The highest BCUT2D eigenvalue weighted by atomic mass is 32.2. The summed E-state index contributed by atoms with van der Waals surface area (Å²) in [6, 6.07) is 7.88. The summed E-state index contributed by atoms with van der Waals surface area (Å²) >= 11 is 1.70. The van der Waals surface area contributed by atoms with Crippen LogP contribution in [-0.2, 0) is 4.79 Å². The number of rotatable bonds is 5. The van der Waals surface area contributed by atoms with Gasteiger partial charge in [0.15, 0.2) is 0 Å². The number of hydrogen-bond acceptors (Lipinski definition) is 3. The zero-order valence-electron chi connectivity index (χ0n) is 9.32. The van der Waals surface area contributed by atoms with Gasteiger partial charge in [-0.15, -0.1) is 11.8 Å². The van der Waals surface area contributed by atoms with Crippen molar-refractivity contribution in [1.82, 2.24) is 0 Å². The minimum Gasteiger partial charge on any atom is -0.497 e. The van der Waals surface area contributed by atoms with Crippen LogP contribution in [0, 0.1) is 0 Å². The van der Waals surface area contributed by atoms with Crippen molar-refractivity contribution in [3.05, 3.63) is 24.3 Å². The number of hydrogen-bond donors (Lipinski definition) is 0. The van der Waals surface area contributed by atoms with Crippen LogP contribution in [0.5, 0.6) is 5.75 Å². The first kappa shape index (κ1) is 12.1. The van der Waals surface area contributed by atoms with E-state index in [4.69, 9.17) is 4.74 Å². The Morgan fingerprint density at radius 2 is 1.93 bits per heavy atom. The highest BCUT2D eigenvalue weighted by Gasteiger charge is 2.18. The lowest BCUT2D eigenvalue weighted by atomic mass is 10.1. The number of carbonyl (C=O) groups excluding carboxylic acids is 1. The molecule has 15 heavy (non-hydrogen) atoms. The highest BCUT2D eigenvalue weighted by molar-refractivity contribution is 8.00. The molecule has 0 atom stereocenters. The van der Waals surface area contributed by atoms with Gasteiger partial charge in [-0.25, -0.2) is 0 Å². The van der Waals surface area contributed by atoms with Gasteiger partial charge >= 0.3 is 0 Å². The number of methoxy groups -OCH3 is 1. The summed E-state index contributed by atoms with van der Waals surface area (Å²) in [7, 11) is 1.65. The van der Waals surface area contributed by atoms with Gasteiger partial charge in [0.25, 0.3) is 0 Å². The molecule has 0 saturated carbocycles. The van der Waals surface area contributed by atoms with Crippen LogP contribution in [0.1, 0.15) is 20.3 Å². The second kappa shape index (κ2) is 5.21. The van der Waals surface area contributed by atoms with E-state index in [1.54, 1.807) is 18.9 Å². The summed E-state index contributed by atoms with van der Waals surface area (Å²) in [4.78, 5) is 11.6. The Morgan fingerprint density at radius 3 is 2.40 bits per heavy atom. The maximum Gasteiger partial charge on any atom is 0.121 e. The van der Waals surface area contributed by atoms with Gasteiger partial charge in [0.1, 0.15) is 12.0 Å². The maximum absolute atomic E-state index is 10.5. The fourth-order valence-electron chi connectivity index (χ4n) is 1.21. The molecule has 1 aromatic rings. The van der Waals surface area contributed by atoms with Gasteiger partial charge in [-0.1, -0.05) is 0 Å². The Morgan fingerprint density at radius 1 is 1.33 bits per heavy atom. The first-order valence-electron chi connectivity index (χ1n) is 4.84. The standard InChI is InChI=1S/C12H16O2S/c1-12(2,8-9-13)15-11-6-4-10(14-3)5-7-11/h4-7,9H,8H2,1-3H3. The molecule has 0 saturated heterocycles. The Labute approximate surface area is 95.0 Å². The average Bonchev–Trinajstić information content (AvgIpc) is 2.18. The third kappa shape index (κ3) is 3.96. The number of carbonyl (C=O) groups is 1. The van der Waals surface area contributed by atoms with Crippen molar-refractivity contribution in [3.63, 3.8) is 0 Å². The molecule has 0 radical (unpaired) electrons. The molecule has 0 spiro atoms.